The van der Waals surface area contributed by atoms with Crippen molar-refractivity contribution in [3.05, 3.63) is 106 Å². The van der Waals surface area contributed by atoms with Crippen molar-refractivity contribution in [1.82, 2.24) is 15.5 Å². The third kappa shape index (κ3) is 7.41. The van der Waals surface area contributed by atoms with Gasteiger partial charge in [0.25, 0.3) is 0 Å². The molecule has 1 atom stereocenters. The van der Waals surface area contributed by atoms with Crippen LogP contribution >= 0.6 is 0 Å². The van der Waals surface area contributed by atoms with Crippen molar-refractivity contribution in [2.24, 2.45) is 5.73 Å². The number of rotatable bonds is 10. The van der Waals surface area contributed by atoms with Gasteiger partial charge in [-0.15, -0.1) is 0 Å². The third-order valence-electron chi connectivity index (χ3n) is 7.38. The van der Waals surface area contributed by atoms with Crippen LogP contribution < -0.4 is 25.8 Å². The Labute approximate surface area is 247 Å². The number of methoxy groups -OCH3 is 1. The summed E-state index contributed by atoms with van der Waals surface area (Å²) in [4.78, 5) is 25.3. The van der Waals surface area contributed by atoms with Gasteiger partial charge in [0.2, 0.25) is 12.3 Å². The summed E-state index contributed by atoms with van der Waals surface area (Å²) >= 11 is 0. The van der Waals surface area contributed by atoms with Gasteiger partial charge in [0.05, 0.1) is 25.5 Å². The van der Waals surface area contributed by atoms with Crippen LogP contribution in [0.15, 0.2) is 66.6 Å². The van der Waals surface area contributed by atoms with E-state index in [0.717, 1.165) is 52.9 Å². The molecule has 9 heteroatoms. The van der Waals surface area contributed by atoms with Gasteiger partial charge in [0.15, 0.2) is 18.2 Å². The van der Waals surface area contributed by atoms with E-state index in [4.69, 9.17) is 19.9 Å². The van der Waals surface area contributed by atoms with Gasteiger partial charge in [-0.1, -0.05) is 35.9 Å². The van der Waals surface area contributed by atoms with Gasteiger partial charge in [-0.25, -0.2) is 0 Å². The van der Waals surface area contributed by atoms with Crippen molar-refractivity contribution in [3.8, 4) is 11.5 Å². The van der Waals surface area contributed by atoms with Crippen LogP contribution in [0.1, 0.15) is 49.8 Å². The number of hydrogen-bond donors (Lipinski definition) is 3. The highest BCUT2D eigenvalue weighted by molar-refractivity contribution is 5.92. The first kappa shape index (κ1) is 30.5. The Morgan fingerprint density at radius 2 is 1.98 bits per heavy atom. The van der Waals surface area contributed by atoms with Crippen LogP contribution in [0, 0.1) is 13.8 Å². The average molecular weight is 573 g/mol. The number of hydrogen-bond acceptors (Lipinski definition) is 7. The summed E-state index contributed by atoms with van der Waals surface area (Å²) in [6.45, 7) is 6.69. The molecule has 2 aliphatic heterocycles. The predicted octanol–water partition coefficient (Wildman–Crippen LogP) is 3.76. The highest BCUT2D eigenvalue weighted by Gasteiger charge is 2.30. The number of benzene rings is 3. The summed E-state index contributed by atoms with van der Waals surface area (Å²) in [5, 5.41) is 6.03. The molecule has 3 aromatic rings. The summed E-state index contributed by atoms with van der Waals surface area (Å²) in [6, 6.07) is 17.4. The fourth-order valence-electron chi connectivity index (χ4n) is 5.28. The minimum Gasteiger partial charge on any atom is -0.493 e. The van der Waals surface area contributed by atoms with Gasteiger partial charge in [-0.3, -0.25) is 9.59 Å². The number of carbonyl (C=O) groups excluding carboxylic acids is 2. The molecule has 0 radical (unpaired) electrons. The molecule has 0 saturated carbocycles. The lowest BCUT2D eigenvalue weighted by Crippen LogP contribution is -2.35. The first-order valence-electron chi connectivity index (χ1n) is 14.0. The van der Waals surface area contributed by atoms with Gasteiger partial charge >= 0.3 is 0 Å². The first-order valence-corrected chi connectivity index (χ1v) is 14.0. The normalized spacial score (nSPS) is 15.3. The standard InChI is InChI=1S/C28H30N2O4.C5H10N2O/c1-18-7-8-23(19(2)13-18)27-24-16-26(25(33-3)15-21(24)9-11-30(27)17-31)34-12-10-20-5-4-6-22(14-20)28(29)32;1-6-2-5-3-8-4-7-5/h4-8,13-17,27H,9-12H2,1-3H3,(H2,29,32);3,6-7H,2,4H2,1H3. The van der Waals surface area contributed by atoms with E-state index in [0.29, 0.717) is 43.4 Å². The van der Waals surface area contributed by atoms with E-state index in [1.807, 2.05) is 36.2 Å². The van der Waals surface area contributed by atoms with E-state index in [1.165, 1.54) is 5.56 Å². The second-order valence-electron chi connectivity index (χ2n) is 10.4. The number of amides is 2. The Morgan fingerprint density at radius 1 is 1.14 bits per heavy atom. The van der Waals surface area contributed by atoms with Crippen LogP contribution in [-0.4, -0.2) is 57.8 Å². The van der Waals surface area contributed by atoms with Crippen LogP contribution in [-0.2, 0) is 22.4 Å². The summed E-state index contributed by atoms with van der Waals surface area (Å²) in [5.74, 6) is 0.856. The average Bonchev–Trinajstić information content (AvgIpc) is 3.50. The molecule has 0 fully saturated rings. The molecular formula is C33H40N4O5. The number of nitrogens with one attached hydrogen (secondary N) is 2. The number of fused-ring (bicyclic) bond motifs is 1. The van der Waals surface area contributed by atoms with Crippen LogP contribution in [0.25, 0.3) is 0 Å². The monoisotopic (exact) mass is 572 g/mol. The Hall–Kier alpha value is -4.50. The van der Waals surface area contributed by atoms with E-state index >= 15 is 0 Å². The van der Waals surface area contributed by atoms with Crippen LogP contribution in [0.2, 0.25) is 0 Å². The molecule has 0 saturated heterocycles. The maximum absolute atomic E-state index is 12.0. The summed E-state index contributed by atoms with van der Waals surface area (Å²) in [6.07, 6.45) is 4.04. The van der Waals surface area contributed by atoms with Crippen LogP contribution in [0.4, 0.5) is 0 Å². The Bertz CT molecular complexity index is 1440. The summed E-state index contributed by atoms with van der Waals surface area (Å²) in [7, 11) is 3.54. The lowest BCUT2D eigenvalue weighted by Gasteiger charge is -2.36. The molecule has 0 bridgehead atoms. The van der Waals surface area contributed by atoms with Crippen molar-refractivity contribution in [2.75, 3.05) is 40.6 Å². The van der Waals surface area contributed by atoms with E-state index in [1.54, 1.807) is 25.5 Å². The smallest absolute Gasteiger partial charge is 0.248 e. The zero-order valence-electron chi connectivity index (χ0n) is 24.7. The van der Waals surface area contributed by atoms with E-state index in [9.17, 15) is 9.59 Å². The predicted molar refractivity (Wildman–Crippen MR) is 162 cm³/mol. The van der Waals surface area contributed by atoms with Crippen molar-refractivity contribution in [2.45, 2.75) is 32.7 Å². The van der Waals surface area contributed by atoms with E-state index in [-0.39, 0.29) is 6.04 Å². The van der Waals surface area contributed by atoms with Crippen molar-refractivity contribution in [3.63, 3.8) is 0 Å². The second kappa shape index (κ2) is 14.4. The summed E-state index contributed by atoms with van der Waals surface area (Å²) < 4.78 is 16.7. The Morgan fingerprint density at radius 3 is 2.64 bits per heavy atom. The number of carbonyl (C=O) groups is 2. The molecule has 42 heavy (non-hydrogen) atoms. The van der Waals surface area contributed by atoms with E-state index in [2.05, 4.69) is 42.7 Å². The Kier molecular flexibility index (Phi) is 10.4. The largest absolute Gasteiger partial charge is 0.493 e. The number of aryl methyl sites for hydroxylation is 2. The number of nitrogens with zero attached hydrogens (tertiary/aromatic N) is 1. The fourth-order valence-corrected chi connectivity index (χ4v) is 5.28. The molecule has 2 heterocycles. The molecule has 9 nitrogen and oxygen atoms in total. The summed E-state index contributed by atoms with van der Waals surface area (Å²) in [5.41, 5.74) is 13.6. The van der Waals surface area contributed by atoms with Gasteiger partial charge in [0, 0.05) is 25.1 Å². The molecule has 0 aliphatic carbocycles. The highest BCUT2D eigenvalue weighted by atomic mass is 16.5. The SMILES string of the molecule is CNCC1=COCN1.COc1cc2c(cc1OCCc1cccc(C(N)=O)c1)C(c1ccc(C)cc1C)N(C=O)CC2. The molecule has 3 aromatic carbocycles. The quantitative estimate of drug-likeness (QED) is 0.317. The molecule has 2 amide bonds. The maximum atomic E-state index is 12.0. The molecule has 2 aliphatic rings. The molecular weight excluding hydrogens is 532 g/mol. The number of likely N-dealkylation sites (N-methyl/N-ethyl adjacent to an activating group) is 1. The molecule has 1 unspecified atom stereocenters. The molecule has 5 rings (SSSR count). The lowest BCUT2D eigenvalue weighted by molar-refractivity contribution is -0.119. The minimum atomic E-state index is -0.448. The molecule has 0 aromatic heterocycles. The third-order valence-corrected chi connectivity index (χ3v) is 7.38. The zero-order valence-corrected chi connectivity index (χ0v) is 24.7. The lowest BCUT2D eigenvalue weighted by atomic mass is 9.86. The minimum absolute atomic E-state index is 0.178. The molecule has 4 N–H and O–H groups in total. The molecule has 222 valence electrons. The fraction of sp³-hybridized carbons (Fsp3) is 0.333. The highest BCUT2D eigenvalue weighted by Crippen LogP contribution is 2.41. The maximum Gasteiger partial charge on any atom is 0.248 e. The van der Waals surface area contributed by atoms with Crippen molar-refractivity contribution < 1.29 is 23.8 Å². The second-order valence-corrected chi connectivity index (χ2v) is 10.4. The van der Waals surface area contributed by atoms with Crippen LogP contribution in [0.3, 0.4) is 0 Å². The number of ether oxygens (including phenoxy) is 3. The van der Waals surface area contributed by atoms with Gasteiger partial charge in [0.1, 0.15) is 6.26 Å². The van der Waals surface area contributed by atoms with E-state index < -0.39 is 5.91 Å². The van der Waals surface area contributed by atoms with Crippen molar-refractivity contribution in [1.29, 1.82) is 0 Å². The van der Waals surface area contributed by atoms with Gasteiger partial charge < -0.3 is 35.5 Å². The van der Waals surface area contributed by atoms with Gasteiger partial charge in [-0.05, 0) is 79.4 Å². The van der Waals surface area contributed by atoms with Crippen LogP contribution in [0.5, 0.6) is 11.5 Å². The van der Waals surface area contributed by atoms with Gasteiger partial charge in [-0.2, -0.15) is 0 Å². The number of primary amides is 1. The zero-order chi connectivity index (χ0) is 30.1. The topological polar surface area (TPSA) is 115 Å². The Balaban J connectivity index is 0.000000437. The van der Waals surface area contributed by atoms with Crippen molar-refractivity contribution >= 4 is 12.3 Å². The molecule has 0 spiro atoms. The first-order chi connectivity index (χ1) is 20.3. The number of nitrogens with two attached hydrogens (primary N) is 1.